The van der Waals surface area contributed by atoms with Crippen molar-refractivity contribution in [3.05, 3.63) is 69.5 Å². The van der Waals surface area contributed by atoms with Gasteiger partial charge in [-0.15, -0.1) is 44.9 Å². The van der Waals surface area contributed by atoms with Gasteiger partial charge < -0.3 is 11.5 Å². The molecule has 0 radical (unpaired) electrons. The molecule has 0 saturated heterocycles. The second kappa shape index (κ2) is 12.6. The topological polar surface area (TPSA) is 169 Å². The van der Waals surface area contributed by atoms with Crippen LogP contribution in [-0.4, -0.2) is 36.3 Å². The van der Waals surface area contributed by atoms with Crippen LogP contribution in [0.1, 0.15) is 10.4 Å². The molecule has 0 fully saturated rings. The van der Waals surface area contributed by atoms with Crippen LogP contribution in [0.25, 0.3) is 0 Å². The predicted octanol–water partition coefficient (Wildman–Crippen LogP) is 5.51. The number of sulfonamides is 1. The van der Waals surface area contributed by atoms with E-state index in [1.807, 2.05) is 4.89 Å². The molecule has 1 atom stereocenters. The van der Waals surface area contributed by atoms with Gasteiger partial charge in [-0.3, -0.25) is 5.41 Å². The summed E-state index contributed by atoms with van der Waals surface area (Å²) in [6.45, 7) is 0. The molecule has 0 saturated carbocycles. The van der Waals surface area contributed by atoms with Crippen LogP contribution in [0.4, 0.5) is 18.9 Å². The van der Waals surface area contributed by atoms with Gasteiger partial charge in [0, 0.05) is 10.2 Å². The van der Waals surface area contributed by atoms with Crippen molar-refractivity contribution in [2.24, 2.45) is 9.50 Å². The zero-order chi connectivity index (χ0) is 28.0. The van der Waals surface area contributed by atoms with Crippen molar-refractivity contribution in [1.29, 1.82) is 5.41 Å². The number of nitrogens with zero attached hydrogens (tertiary/aromatic N) is 1. The van der Waals surface area contributed by atoms with Gasteiger partial charge >= 0.3 is 6.36 Å². The van der Waals surface area contributed by atoms with Crippen molar-refractivity contribution in [3.63, 3.8) is 0 Å². The van der Waals surface area contributed by atoms with Gasteiger partial charge in [0.2, 0.25) is 0 Å². The number of nitrogens with two attached hydrogens (primary N) is 2. The Hall–Kier alpha value is -2.15. The Kier molecular flexibility index (Phi) is 10.6. The number of benzene rings is 2. The van der Waals surface area contributed by atoms with Gasteiger partial charge in [0.1, 0.15) is 15.6 Å². The molecule has 1 heterocycles. The van der Waals surface area contributed by atoms with Crippen molar-refractivity contribution in [1.82, 2.24) is 0 Å². The summed E-state index contributed by atoms with van der Waals surface area (Å²) in [7, 11) is -7.81. The Labute approximate surface area is 227 Å². The largest absolute Gasteiger partial charge is 0.549 e. The molecule has 0 aliphatic heterocycles. The average molecular weight is 662 g/mol. The van der Waals surface area contributed by atoms with Crippen molar-refractivity contribution in [2.45, 2.75) is 26.1 Å². The van der Waals surface area contributed by atoms with E-state index >= 15 is 0 Å². The summed E-state index contributed by atoms with van der Waals surface area (Å²) in [5.41, 5.74) is 12.2. The number of rotatable bonds is 7. The molecule has 3 rings (SSSR count). The fourth-order valence-electron chi connectivity index (χ4n) is 2.72. The minimum absolute atomic E-state index is 0.192. The van der Waals surface area contributed by atoms with Crippen LogP contribution in [0.5, 0.6) is 0 Å². The number of halogens is 4. The van der Waals surface area contributed by atoms with E-state index in [4.69, 9.17) is 22.1 Å². The zero-order valence-electron chi connectivity index (χ0n) is 18.7. The Bertz CT molecular complexity index is 1500. The minimum Gasteiger partial charge on any atom is -0.398 e. The van der Waals surface area contributed by atoms with Gasteiger partial charge in [0.25, 0.3) is 10.0 Å². The number of hydrogen-bond acceptors (Lipinski definition) is 9. The first kappa shape index (κ1) is 31.1. The first-order valence-corrected chi connectivity index (χ1v) is 15.6. The zero-order valence-corrected chi connectivity index (χ0v) is 23.6. The van der Waals surface area contributed by atoms with Crippen LogP contribution in [0.15, 0.2) is 76.8 Å². The normalized spacial score (nSPS) is 13.2. The summed E-state index contributed by atoms with van der Waals surface area (Å²) in [5.74, 6) is -0.675. The summed E-state index contributed by atoms with van der Waals surface area (Å²) >= 11 is 5.81. The van der Waals surface area contributed by atoms with Crippen LogP contribution < -0.4 is 11.5 Å². The van der Waals surface area contributed by atoms with Crippen LogP contribution in [-0.2, 0) is 30.4 Å². The summed E-state index contributed by atoms with van der Waals surface area (Å²) in [6.07, 6.45) is -3.13. The van der Waals surface area contributed by atoms with E-state index in [0.717, 1.165) is 0 Å². The van der Waals surface area contributed by atoms with E-state index in [1.165, 1.54) is 29.2 Å². The molecule has 1 aromatic heterocycles. The van der Waals surface area contributed by atoms with Crippen molar-refractivity contribution in [2.75, 3.05) is 12.0 Å². The van der Waals surface area contributed by atoms with Crippen molar-refractivity contribution >= 4 is 70.3 Å². The van der Waals surface area contributed by atoms with Gasteiger partial charge in [0.05, 0.1) is 24.6 Å². The first-order valence-electron chi connectivity index (χ1n) is 9.63. The van der Waals surface area contributed by atoms with Crippen LogP contribution >= 0.6 is 39.0 Å². The highest BCUT2D eigenvalue weighted by molar-refractivity contribution is 9.10. The number of amidine groups is 1. The molecular formula is C20H20BrF3N4O5S4. The molecule has 0 spiro atoms. The molecule has 0 aliphatic carbocycles. The standard InChI is InChI=1S/C19H19BrN4O3S4.CHF3O2/c1-28-19-17(10-16(29-19)18(22)23)31(27,14-7-4-6-13(20)9-14)24-30(25,26)11-12-5-2-3-8-15(12)21;2-1(3,4)6-5/h2-10H,11,21H2,1H3,(H3,22,23);5H. The number of thioether (sulfide) groups is 1. The molecule has 202 valence electrons. The highest BCUT2D eigenvalue weighted by atomic mass is 79.9. The molecular weight excluding hydrogens is 641 g/mol. The maximum Gasteiger partial charge on any atom is 0.549 e. The maximum atomic E-state index is 14.3. The fraction of sp³-hybridized carbons (Fsp3) is 0.150. The third kappa shape index (κ3) is 8.69. The number of nitrogen functional groups attached to an aromatic ring is 2. The number of alkyl halides is 3. The van der Waals surface area contributed by atoms with E-state index in [0.29, 0.717) is 24.8 Å². The molecule has 3 aromatic rings. The lowest BCUT2D eigenvalue weighted by Gasteiger charge is -2.12. The fourth-order valence-corrected chi connectivity index (χ4v) is 10.0. The number of para-hydroxylation sites is 1. The third-order valence-electron chi connectivity index (χ3n) is 4.25. The highest BCUT2D eigenvalue weighted by Gasteiger charge is 2.29. The van der Waals surface area contributed by atoms with E-state index < -0.39 is 31.9 Å². The van der Waals surface area contributed by atoms with E-state index in [2.05, 4.69) is 19.7 Å². The van der Waals surface area contributed by atoms with Gasteiger partial charge in [-0.25, -0.2) is 17.9 Å². The van der Waals surface area contributed by atoms with Gasteiger partial charge in [-0.2, -0.15) is 0 Å². The quantitative estimate of drug-likeness (QED) is 0.0642. The Morgan fingerprint density at radius 3 is 2.32 bits per heavy atom. The predicted molar refractivity (Wildman–Crippen MR) is 142 cm³/mol. The minimum atomic E-state index is -4.90. The summed E-state index contributed by atoms with van der Waals surface area (Å²) in [5, 5.41) is 14.5. The monoisotopic (exact) mass is 660 g/mol. The summed E-state index contributed by atoms with van der Waals surface area (Å²) in [6, 6.07) is 14.6. The lowest BCUT2D eigenvalue weighted by molar-refractivity contribution is -0.464. The smallest absolute Gasteiger partial charge is 0.398 e. The lowest BCUT2D eigenvalue weighted by atomic mass is 10.2. The van der Waals surface area contributed by atoms with E-state index in [9.17, 15) is 25.8 Å². The van der Waals surface area contributed by atoms with Gasteiger partial charge in [-0.1, -0.05) is 40.2 Å². The molecule has 2 aromatic carbocycles. The van der Waals surface area contributed by atoms with Gasteiger partial charge in [0.15, 0.2) is 0 Å². The Morgan fingerprint density at radius 1 is 1.19 bits per heavy atom. The maximum absolute atomic E-state index is 14.3. The SMILES string of the molecule is CSc1sc(C(=N)N)cc1S(=O)(=NS(=O)(=O)Cc1ccccc1N)c1cccc(Br)c1.OOC(F)(F)F. The molecule has 37 heavy (non-hydrogen) atoms. The molecule has 17 heteroatoms. The Balaban J connectivity index is 0.000000717. The van der Waals surface area contributed by atoms with Crippen molar-refractivity contribution < 1.29 is 35.9 Å². The van der Waals surface area contributed by atoms with E-state index in [-0.39, 0.29) is 15.6 Å². The molecule has 9 nitrogen and oxygen atoms in total. The number of thiophene rings is 1. The second-order valence-corrected chi connectivity index (χ2v) is 14.0. The molecule has 6 N–H and O–H groups in total. The van der Waals surface area contributed by atoms with Gasteiger partial charge in [-0.05, 0) is 42.2 Å². The summed E-state index contributed by atoms with van der Waals surface area (Å²) in [4.78, 5) is 2.78. The van der Waals surface area contributed by atoms with Crippen LogP contribution in [0.2, 0.25) is 0 Å². The van der Waals surface area contributed by atoms with Crippen LogP contribution in [0, 0.1) is 5.41 Å². The number of anilines is 1. The summed E-state index contributed by atoms with van der Waals surface area (Å²) < 4.78 is 76.5. The van der Waals surface area contributed by atoms with E-state index in [1.54, 1.807) is 54.8 Å². The molecule has 0 aliphatic rings. The second-order valence-electron chi connectivity index (χ2n) is 6.90. The number of hydrogen-bond donors (Lipinski definition) is 4. The molecule has 0 bridgehead atoms. The first-order chi connectivity index (χ1) is 17.1. The lowest BCUT2D eigenvalue weighted by Crippen LogP contribution is -2.11. The molecule has 1 unspecified atom stereocenters. The van der Waals surface area contributed by atoms with Crippen LogP contribution in [0.3, 0.4) is 0 Å². The Morgan fingerprint density at radius 2 is 1.81 bits per heavy atom. The highest BCUT2D eigenvalue weighted by Crippen LogP contribution is 2.39. The average Bonchev–Trinajstić information content (AvgIpc) is 3.26. The number of nitrogens with one attached hydrogen (secondary N) is 1. The molecule has 0 amide bonds. The third-order valence-corrected chi connectivity index (χ3v) is 11.5. The van der Waals surface area contributed by atoms with Crippen molar-refractivity contribution in [3.8, 4) is 0 Å².